The molecule has 5 nitrogen and oxygen atoms in total. The average Bonchev–Trinajstić information content (AvgIpc) is 2.43. The number of anilines is 1. The first-order valence-corrected chi connectivity index (χ1v) is 6.41. The predicted molar refractivity (Wildman–Crippen MR) is 75.2 cm³/mol. The van der Waals surface area contributed by atoms with Crippen molar-refractivity contribution in [1.82, 2.24) is 5.32 Å². The molecular formula is C14H22N2O3. The number of benzene rings is 1. The number of amides is 1. The van der Waals surface area contributed by atoms with Gasteiger partial charge in [0.15, 0.2) is 0 Å². The van der Waals surface area contributed by atoms with Crippen molar-refractivity contribution < 1.29 is 14.6 Å². The molecule has 0 aliphatic rings. The van der Waals surface area contributed by atoms with E-state index in [2.05, 4.69) is 5.32 Å². The van der Waals surface area contributed by atoms with Crippen molar-refractivity contribution in [2.75, 3.05) is 26.0 Å². The van der Waals surface area contributed by atoms with Crippen LogP contribution in [0.5, 0.6) is 5.75 Å². The Bertz CT molecular complexity index is 421. The van der Waals surface area contributed by atoms with Crippen LogP contribution in [0.4, 0.5) is 5.69 Å². The van der Waals surface area contributed by atoms with Crippen molar-refractivity contribution in [1.29, 1.82) is 0 Å². The zero-order valence-corrected chi connectivity index (χ0v) is 11.5. The molecule has 106 valence electrons. The summed E-state index contributed by atoms with van der Waals surface area (Å²) in [7, 11) is 1.55. The van der Waals surface area contributed by atoms with E-state index in [1.165, 1.54) is 0 Å². The van der Waals surface area contributed by atoms with Crippen LogP contribution >= 0.6 is 0 Å². The third-order valence-electron chi connectivity index (χ3n) is 2.98. The smallest absolute Gasteiger partial charge is 0.253 e. The highest BCUT2D eigenvalue weighted by molar-refractivity contribution is 5.99. The Morgan fingerprint density at radius 1 is 1.53 bits per heavy atom. The number of rotatable bonds is 7. The molecule has 1 atom stereocenters. The van der Waals surface area contributed by atoms with Gasteiger partial charge in [0.2, 0.25) is 0 Å². The van der Waals surface area contributed by atoms with Gasteiger partial charge in [0.1, 0.15) is 5.75 Å². The van der Waals surface area contributed by atoms with Crippen LogP contribution in [-0.4, -0.2) is 31.3 Å². The molecule has 0 heterocycles. The molecule has 0 aromatic heterocycles. The molecule has 1 amide bonds. The maximum Gasteiger partial charge on any atom is 0.253 e. The topological polar surface area (TPSA) is 84.6 Å². The first-order valence-electron chi connectivity index (χ1n) is 6.41. The minimum atomic E-state index is -0.201. The molecule has 0 spiro atoms. The first-order chi connectivity index (χ1) is 9.08. The van der Waals surface area contributed by atoms with Crippen molar-refractivity contribution in [3.63, 3.8) is 0 Å². The Balaban J connectivity index is 2.49. The van der Waals surface area contributed by atoms with Crippen molar-refractivity contribution >= 4 is 11.6 Å². The van der Waals surface area contributed by atoms with Gasteiger partial charge in [-0.05, 0) is 37.0 Å². The summed E-state index contributed by atoms with van der Waals surface area (Å²) in [5, 5.41) is 11.7. The monoisotopic (exact) mass is 266 g/mol. The lowest BCUT2D eigenvalue weighted by molar-refractivity contribution is 0.0952. The van der Waals surface area contributed by atoms with E-state index in [-0.39, 0.29) is 18.4 Å². The Hall–Kier alpha value is -1.75. The first kappa shape index (κ1) is 15.3. The fourth-order valence-electron chi connectivity index (χ4n) is 1.70. The Labute approximate surface area is 113 Å². The lowest BCUT2D eigenvalue weighted by Crippen LogP contribution is -2.25. The summed E-state index contributed by atoms with van der Waals surface area (Å²) >= 11 is 0. The highest BCUT2D eigenvalue weighted by atomic mass is 16.5. The molecule has 1 aromatic carbocycles. The fraction of sp³-hybridized carbons (Fsp3) is 0.500. The molecule has 19 heavy (non-hydrogen) atoms. The van der Waals surface area contributed by atoms with Crippen LogP contribution in [0.25, 0.3) is 0 Å². The minimum absolute atomic E-state index is 0.177. The zero-order valence-electron chi connectivity index (χ0n) is 11.5. The summed E-state index contributed by atoms with van der Waals surface area (Å²) in [6.45, 7) is 2.72. The van der Waals surface area contributed by atoms with Gasteiger partial charge >= 0.3 is 0 Å². The second-order valence-electron chi connectivity index (χ2n) is 4.64. The van der Waals surface area contributed by atoms with E-state index in [4.69, 9.17) is 15.6 Å². The molecule has 1 aromatic rings. The molecule has 0 saturated heterocycles. The highest BCUT2D eigenvalue weighted by Crippen LogP contribution is 2.19. The molecule has 0 aliphatic carbocycles. The number of nitrogens with one attached hydrogen (secondary N) is 1. The lowest BCUT2D eigenvalue weighted by Gasteiger charge is -2.10. The predicted octanol–water partition coefficient (Wildman–Crippen LogP) is 1.42. The van der Waals surface area contributed by atoms with Crippen LogP contribution in [-0.2, 0) is 0 Å². The number of aliphatic hydroxyl groups is 1. The summed E-state index contributed by atoms with van der Waals surface area (Å²) in [6.07, 6.45) is 1.71. The van der Waals surface area contributed by atoms with E-state index in [1.807, 2.05) is 6.92 Å². The number of carbonyl (C=O) groups excluding carboxylic acids is 1. The van der Waals surface area contributed by atoms with E-state index in [0.29, 0.717) is 23.5 Å². The molecule has 0 bridgehead atoms. The average molecular weight is 266 g/mol. The summed E-state index contributed by atoms with van der Waals surface area (Å²) in [4.78, 5) is 12.0. The van der Waals surface area contributed by atoms with Gasteiger partial charge in [-0.25, -0.2) is 0 Å². The van der Waals surface area contributed by atoms with Gasteiger partial charge in [-0.15, -0.1) is 0 Å². The minimum Gasteiger partial charge on any atom is -0.497 e. The molecule has 4 N–H and O–H groups in total. The standard InChI is InChI=1S/C14H22N2O3/c1-10(9-17)4-3-7-16-14(18)12-8-11(19-2)5-6-13(12)15/h5-6,8,10,17H,3-4,7,9,15H2,1-2H3,(H,16,18). The molecule has 5 heteroatoms. The SMILES string of the molecule is COc1ccc(N)c(C(=O)NCCCC(C)CO)c1. The largest absolute Gasteiger partial charge is 0.497 e. The summed E-state index contributed by atoms with van der Waals surface area (Å²) in [6, 6.07) is 5.00. The summed E-state index contributed by atoms with van der Waals surface area (Å²) in [5.41, 5.74) is 6.63. The van der Waals surface area contributed by atoms with Crippen molar-refractivity contribution in [3.8, 4) is 5.75 Å². The van der Waals surface area contributed by atoms with Crippen LogP contribution in [0.3, 0.4) is 0 Å². The second kappa shape index (κ2) is 7.63. The van der Waals surface area contributed by atoms with Crippen LogP contribution in [0, 0.1) is 5.92 Å². The number of hydrogen-bond acceptors (Lipinski definition) is 4. The van der Waals surface area contributed by atoms with Gasteiger partial charge in [-0.2, -0.15) is 0 Å². The summed E-state index contributed by atoms with van der Waals surface area (Å²) in [5.74, 6) is 0.667. The van der Waals surface area contributed by atoms with E-state index in [0.717, 1.165) is 12.8 Å². The van der Waals surface area contributed by atoms with Gasteiger partial charge in [-0.3, -0.25) is 4.79 Å². The number of methoxy groups -OCH3 is 1. The normalized spacial score (nSPS) is 11.9. The number of nitrogen functional groups attached to an aromatic ring is 1. The van der Waals surface area contributed by atoms with Crippen LogP contribution in [0.15, 0.2) is 18.2 Å². The maximum absolute atomic E-state index is 12.0. The zero-order chi connectivity index (χ0) is 14.3. The number of hydrogen-bond donors (Lipinski definition) is 3. The fourth-order valence-corrected chi connectivity index (χ4v) is 1.70. The Morgan fingerprint density at radius 2 is 2.26 bits per heavy atom. The number of aliphatic hydroxyl groups excluding tert-OH is 1. The number of carbonyl (C=O) groups is 1. The number of nitrogens with two attached hydrogens (primary N) is 1. The Kier molecular flexibility index (Phi) is 6.15. The van der Waals surface area contributed by atoms with Gasteiger partial charge in [0, 0.05) is 18.8 Å². The molecular weight excluding hydrogens is 244 g/mol. The van der Waals surface area contributed by atoms with Crippen LogP contribution < -0.4 is 15.8 Å². The van der Waals surface area contributed by atoms with E-state index in [1.54, 1.807) is 25.3 Å². The third kappa shape index (κ3) is 4.79. The van der Waals surface area contributed by atoms with Crippen LogP contribution in [0.2, 0.25) is 0 Å². The van der Waals surface area contributed by atoms with E-state index < -0.39 is 0 Å². The molecule has 0 radical (unpaired) electrons. The molecule has 0 saturated carbocycles. The maximum atomic E-state index is 12.0. The van der Waals surface area contributed by atoms with Gasteiger partial charge in [0.25, 0.3) is 5.91 Å². The van der Waals surface area contributed by atoms with Crippen molar-refractivity contribution in [2.45, 2.75) is 19.8 Å². The second-order valence-corrected chi connectivity index (χ2v) is 4.64. The van der Waals surface area contributed by atoms with E-state index >= 15 is 0 Å². The third-order valence-corrected chi connectivity index (χ3v) is 2.98. The van der Waals surface area contributed by atoms with Crippen molar-refractivity contribution in [2.24, 2.45) is 5.92 Å². The molecule has 0 fully saturated rings. The van der Waals surface area contributed by atoms with Crippen LogP contribution in [0.1, 0.15) is 30.1 Å². The molecule has 1 rings (SSSR count). The highest BCUT2D eigenvalue weighted by Gasteiger charge is 2.10. The van der Waals surface area contributed by atoms with Gasteiger partial charge in [0.05, 0.1) is 12.7 Å². The number of ether oxygens (including phenoxy) is 1. The van der Waals surface area contributed by atoms with Gasteiger partial charge < -0.3 is 20.9 Å². The van der Waals surface area contributed by atoms with E-state index in [9.17, 15) is 4.79 Å². The summed E-state index contributed by atoms with van der Waals surface area (Å²) < 4.78 is 5.07. The molecule has 1 unspecified atom stereocenters. The molecule has 0 aliphatic heterocycles. The lowest BCUT2D eigenvalue weighted by atomic mass is 10.1. The van der Waals surface area contributed by atoms with Gasteiger partial charge in [-0.1, -0.05) is 6.92 Å². The quantitative estimate of drug-likeness (QED) is 0.514. The Morgan fingerprint density at radius 3 is 2.89 bits per heavy atom. The van der Waals surface area contributed by atoms with Crippen molar-refractivity contribution in [3.05, 3.63) is 23.8 Å².